The average Bonchev–Trinajstić information content (AvgIpc) is 3.35. The van der Waals surface area contributed by atoms with Crippen LogP contribution < -0.4 is 9.80 Å². The van der Waals surface area contributed by atoms with E-state index in [-0.39, 0.29) is 0 Å². The van der Waals surface area contributed by atoms with Gasteiger partial charge in [-0.1, -0.05) is 6.07 Å². The van der Waals surface area contributed by atoms with Crippen LogP contribution in [0.15, 0.2) is 54.9 Å². The molecule has 0 radical (unpaired) electrons. The second-order valence-electron chi connectivity index (χ2n) is 7.46. The van der Waals surface area contributed by atoms with Crippen molar-refractivity contribution >= 4 is 22.7 Å². The number of hydrogen-bond acceptors (Lipinski definition) is 4. The van der Waals surface area contributed by atoms with Gasteiger partial charge in [-0.25, -0.2) is 0 Å². The third-order valence-corrected chi connectivity index (χ3v) is 6.46. The summed E-state index contributed by atoms with van der Waals surface area (Å²) in [7, 11) is 0. The molecule has 0 spiro atoms. The fourth-order valence-corrected chi connectivity index (χ4v) is 5.68. The molecule has 7 rings (SSSR count). The molecule has 0 N–H and O–H groups in total. The molecule has 120 valence electrons. The van der Waals surface area contributed by atoms with Gasteiger partial charge < -0.3 is 9.80 Å². The van der Waals surface area contributed by atoms with Crippen molar-refractivity contribution in [3.8, 4) is 0 Å². The highest BCUT2D eigenvalue weighted by Gasteiger charge is 2.56. The third-order valence-electron chi connectivity index (χ3n) is 6.46. The average molecular weight is 324 g/mol. The van der Waals surface area contributed by atoms with Crippen LogP contribution in [0.3, 0.4) is 0 Å². The van der Waals surface area contributed by atoms with Crippen molar-refractivity contribution < 1.29 is 0 Å². The lowest BCUT2D eigenvalue weighted by Crippen LogP contribution is -2.37. The number of hydrogen-bond donors (Lipinski definition) is 0. The molecule has 4 aliphatic heterocycles. The van der Waals surface area contributed by atoms with E-state index in [1.165, 1.54) is 34.1 Å². The maximum atomic E-state index is 4.66. The van der Waals surface area contributed by atoms with Crippen molar-refractivity contribution in [3.05, 3.63) is 71.8 Å². The van der Waals surface area contributed by atoms with Gasteiger partial charge in [0.15, 0.2) is 0 Å². The van der Waals surface area contributed by atoms with Crippen molar-refractivity contribution in [2.45, 2.75) is 30.8 Å². The Morgan fingerprint density at radius 2 is 1.20 bits per heavy atom. The van der Waals surface area contributed by atoms with Crippen LogP contribution in [0.25, 0.3) is 0 Å². The van der Waals surface area contributed by atoms with E-state index in [2.05, 4.69) is 62.2 Å². The number of fused-ring (bicyclic) bond motifs is 10. The largest absolute Gasteiger partial charge is 0.335 e. The predicted octanol–water partition coefficient (Wildman–Crippen LogP) is 3.71. The van der Waals surface area contributed by atoms with Gasteiger partial charge >= 0.3 is 0 Å². The highest BCUT2D eigenvalue weighted by atomic mass is 15.3. The summed E-state index contributed by atoms with van der Waals surface area (Å²) in [5, 5.41) is 0. The molecule has 1 aromatic carbocycles. The zero-order chi connectivity index (χ0) is 16.1. The second-order valence-corrected chi connectivity index (χ2v) is 7.46. The topological polar surface area (TPSA) is 32.3 Å². The quantitative estimate of drug-likeness (QED) is 0.631. The summed E-state index contributed by atoms with van der Waals surface area (Å²) < 4.78 is 0. The number of pyridine rings is 2. The van der Waals surface area contributed by atoms with Crippen LogP contribution in [0.5, 0.6) is 0 Å². The van der Waals surface area contributed by atoms with Crippen LogP contribution in [-0.2, 0) is 12.8 Å². The molecule has 0 saturated carbocycles. The Bertz CT molecular complexity index is 980. The Morgan fingerprint density at radius 3 is 1.76 bits per heavy atom. The fourth-order valence-electron chi connectivity index (χ4n) is 5.68. The number of nitrogens with zero attached hydrogens (tertiary/aromatic N) is 4. The molecule has 3 aromatic rings. The molecule has 4 aliphatic rings. The van der Waals surface area contributed by atoms with Gasteiger partial charge in [-0.05, 0) is 36.4 Å². The first-order valence-electron chi connectivity index (χ1n) is 9.01. The molecule has 0 aliphatic carbocycles. The van der Waals surface area contributed by atoms with E-state index < -0.39 is 0 Å². The summed E-state index contributed by atoms with van der Waals surface area (Å²) in [6, 6.07) is 16.4. The van der Waals surface area contributed by atoms with Crippen LogP contribution in [-0.4, -0.2) is 22.1 Å². The lowest BCUT2D eigenvalue weighted by atomic mass is 9.88. The van der Waals surface area contributed by atoms with Crippen molar-refractivity contribution in [2.75, 3.05) is 9.80 Å². The molecule has 25 heavy (non-hydrogen) atoms. The van der Waals surface area contributed by atoms with Gasteiger partial charge in [0.2, 0.25) is 0 Å². The summed E-state index contributed by atoms with van der Waals surface area (Å²) in [4.78, 5) is 14.4. The van der Waals surface area contributed by atoms with E-state index in [4.69, 9.17) is 0 Å². The Morgan fingerprint density at radius 1 is 0.680 bits per heavy atom. The normalized spacial score (nSPS) is 26.3. The number of benzene rings is 1. The summed E-state index contributed by atoms with van der Waals surface area (Å²) in [6.45, 7) is 0. The van der Waals surface area contributed by atoms with Crippen LogP contribution in [0.1, 0.15) is 22.9 Å². The molecule has 2 aromatic heterocycles. The standard InChI is InChI=1S/C21H16N4/c1-4-16-20-17(5-1)25-15-7-3-9-23-13(15)11-19(25)21(20)18-10-12-14(24(16)18)6-2-8-22-12/h1-9,18-19,21H,10-11H2. The second kappa shape index (κ2) is 4.02. The molecule has 2 atom stereocenters. The van der Waals surface area contributed by atoms with E-state index in [0.717, 1.165) is 12.8 Å². The number of aromatic nitrogens is 2. The van der Waals surface area contributed by atoms with Gasteiger partial charge in [-0.2, -0.15) is 0 Å². The van der Waals surface area contributed by atoms with Crippen molar-refractivity contribution in [3.63, 3.8) is 0 Å². The number of rotatable bonds is 0. The minimum Gasteiger partial charge on any atom is -0.335 e. The maximum absolute atomic E-state index is 4.66. The first-order valence-corrected chi connectivity index (χ1v) is 9.01. The van der Waals surface area contributed by atoms with Gasteiger partial charge in [-0.3, -0.25) is 9.97 Å². The van der Waals surface area contributed by atoms with Crippen molar-refractivity contribution in [1.82, 2.24) is 9.97 Å². The van der Waals surface area contributed by atoms with Gasteiger partial charge in [0.25, 0.3) is 0 Å². The monoisotopic (exact) mass is 324 g/mol. The number of anilines is 4. The Kier molecular flexibility index (Phi) is 2.01. The summed E-state index contributed by atoms with van der Waals surface area (Å²) in [5.74, 6) is 0.537. The molecule has 0 fully saturated rings. The maximum Gasteiger partial charge on any atom is 0.0661 e. The van der Waals surface area contributed by atoms with E-state index in [9.17, 15) is 0 Å². The van der Waals surface area contributed by atoms with E-state index >= 15 is 0 Å². The molecule has 0 bridgehead atoms. The van der Waals surface area contributed by atoms with E-state index in [1.807, 2.05) is 12.4 Å². The van der Waals surface area contributed by atoms with Gasteiger partial charge in [0.1, 0.15) is 0 Å². The highest BCUT2D eigenvalue weighted by molar-refractivity contribution is 5.89. The summed E-state index contributed by atoms with van der Waals surface area (Å²) >= 11 is 0. The lowest BCUT2D eigenvalue weighted by molar-refractivity contribution is 0.501. The SMILES string of the molecule is c1cnc2c(c1)N1c3cccc4c3C(C1C2)C1Cc2ncccc2N41. The first-order chi connectivity index (χ1) is 12.4. The molecule has 2 unspecified atom stereocenters. The first kappa shape index (κ1) is 12.5. The Hall–Kier alpha value is -2.88. The Labute approximate surface area is 145 Å². The van der Waals surface area contributed by atoms with Gasteiger partial charge in [0, 0.05) is 60.2 Å². The van der Waals surface area contributed by atoms with Crippen molar-refractivity contribution in [1.29, 1.82) is 0 Å². The Balaban J connectivity index is 1.48. The third kappa shape index (κ3) is 1.30. The lowest BCUT2D eigenvalue weighted by Gasteiger charge is -2.30. The van der Waals surface area contributed by atoms with Gasteiger partial charge in [0.05, 0.1) is 22.8 Å². The molecule has 0 saturated heterocycles. The molecule has 4 heteroatoms. The minimum absolute atomic E-state index is 0.491. The summed E-state index contributed by atoms with van der Waals surface area (Å²) in [6.07, 6.45) is 5.94. The van der Waals surface area contributed by atoms with E-state index in [0.29, 0.717) is 18.0 Å². The molecular formula is C21H16N4. The van der Waals surface area contributed by atoms with Crippen LogP contribution in [0, 0.1) is 0 Å². The van der Waals surface area contributed by atoms with E-state index in [1.54, 1.807) is 5.56 Å². The smallest absolute Gasteiger partial charge is 0.0661 e. The summed E-state index contributed by atoms with van der Waals surface area (Å²) in [5.41, 5.74) is 9.41. The van der Waals surface area contributed by atoms with Crippen LogP contribution in [0.2, 0.25) is 0 Å². The minimum atomic E-state index is 0.491. The predicted molar refractivity (Wildman–Crippen MR) is 96.9 cm³/mol. The van der Waals surface area contributed by atoms with Gasteiger partial charge in [-0.15, -0.1) is 0 Å². The fraction of sp³-hybridized carbons (Fsp3) is 0.238. The van der Waals surface area contributed by atoms with Crippen LogP contribution in [0.4, 0.5) is 22.7 Å². The van der Waals surface area contributed by atoms with Crippen molar-refractivity contribution in [2.24, 2.45) is 0 Å². The molecular weight excluding hydrogens is 308 g/mol. The molecule has 4 nitrogen and oxygen atoms in total. The molecule has 0 amide bonds. The van der Waals surface area contributed by atoms with Crippen LogP contribution >= 0.6 is 0 Å². The highest BCUT2D eigenvalue weighted by Crippen LogP contribution is 2.62. The molecule has 6 heterocycles. The zero-order valence-electron chi connectivity index (χ0n) is 13.6. The zero-order valence-corrected chi connectivity index (χ0v) is 13.6.